The molecule has 0 unspecified atom stereocenters. The van der Waals surface area contributed by atoms with Crippen molar-refractivity contribution in [2.24, 2.45) is 0 Å². The number of aromatic nitrogens is 1. The highest BCUT2D eigenvalue weighted by Gasteiger charge is 2.06. The number of ether oxygens (including phenoxy) is 1. The van der Waals surface area contributed by atoms with E-state index in [4.69, 9.17) is 22.1 Å². The summed E-state index contributed by atoms with van der Waals surface area (Å²) in [7, 11) is 0. The minimum absolute atomic E-state index is 0.374. The Balaban J connectivity index is 2.31. The maximum Gasteiger partial charge on any atom is 0.242 e. The van der Waals surface area contributed by atoms with Crippen LogP contribution in [0.25, 0.3) is 0 Å². The first-order valence-electron chi connectivity index (χ1n) is 4.81. The third-order valence-corrected chi connectivity index (χ3v) is 2.37. The Morgan fingerprint density at radius 3 is 2.75 bits per heavy atom. The highest BCUT2D eigenvalue weighted by molar-refractivity contribution is 6.32. The molecule has 1 heterocycles. The van der Waals surface area contributed by atoms with Gasteiger partial charge in [0.25, 0.3) is 0 Å². The summed E-state index contributed by atoms with van der Waals surface area (Å²) in [6.45, 7) is 1.92. The molecule has 0 spiro atoms. The molecule has 0 saturated heterocycles. The van der Waals surface area contributed by atoms with Crippen LogP contribution in [-0.2, 0) is 0 Å². The SMILES string of the molecule is Cc1cnc(Oc2ccccc2Cl)c(N)c1. The summed E-state index contributed by atoms with van der Waals surface area (Å²) in [5.74, 6) is 0.922. The predicted molar refractivity (Wildman–Crippen MR) is 64.9 cm³/mol. The van der Waals surface area contributed by atoms with Gasteiger partial charge in [-0.05, 0) is 30.7 Å². The van der Waals surface area contributed by atoms with Gasteiger partial charge in [-0.1, -0.05) is 23.7 Å². The maximum absolute atomic E-state index is 5.96. The average Bonchev–Trinajstić information content (AvgIpc) is 2.25. The topological polar surface area (TPSA) is 48.1 Å². The lowest BCUT2D eigenvalue weighted by Crippen LogP contribution is -1.95. The minimum Gasteiger partial charge on any atom is -0.436 e. The van der Waals surface area contributed by atoms with Crippen molar-refractivity contribution in [1.82, 2.24) is 4.98 Å². The van der Waals surface area contributed by atoms with Crippen LogP contribution in [0, 0.1) is 6.92 Å². The van der Waals surface area contributed by atoms with Crippen LogP contribution in [0.15, 0.2) is 36.5 Å². The van der Waals surface area contributed by atoms with Crippen LogP contribution in [0.5, 0.6) is 11.6 Å². The second-order valence-electron chi connectivity index (χ2n) is 3.44. The zero-order chi connectivity index (χ0) is 11.5. The van der Waals surface area contributed by atoms with E-state index in [1.807, 2.05) is 19.1 Å². The molecule has 2 aromatic rings. The molecule has 0 amide bonds. The van der Waals surface area contributed by atoms with Gasteiger partial charge in [-0.2, -0.15) is 0 Å². The molecule has 0 fully saturated rings. The van der Waals surface area contributed by atoms with Crippen LogP contribution in [0.1, 0.15) is 5.56 Å². The third kappa shape index (κ3) is 2.25. The first kappa shape index (κ1) is 10.8. The van der Waals surface area contributed by atoms with Gasteiger partial charge in [0.2, 0.25) is 5.88 Å². The lowest BCUT2D eigenvalue weighted by atomic mass is 10.3. The van der Waals surface area contributed by atoms with Crippen LogP contribution in [-0.4, -0.2) is 4.98 Å². The van der Waals surface area contributed by atoms with Gasteiger partial charge in [0.15, 0.2) is 0 Å². The van der Waals surface area contributed by atoms with Crippen molar-refractivity contribution in [3.8, 4) is 11.6 Å². The van der Waals surface area contributed by atoms with Gasteiger partial charge in [-0.25, -0.2) is 4.98 Å². The monoisotopic (exact) mass is 234 g/mol. The molecule has 3 nitrogen and oxygen atoms in total. The van der Waals surface area contributed by atoms with Crippen molar-refractivity contribution in [2.45, 2.75) is 6.92 Å². The second kappa shape index (κ2) is 4.41. The first-order valence-corrected chi connectivity index (χ1v) is 5.19. The van der Waals surface area contributed by atoms with E-state index in [2.05, 4.69) is 4.98 Å². The molecule has 0 bridgehead atoms. The molecule has 0 radical (unpaired) electrons. The van der Waals surface area contributed by atoms with Crippen molar-refractivity contribution < 1.29 is 4.74 Å². The number of para-hydroxylation sites is 1. The van der Waals surface area contributed by atoms with Crippen molar-refractivity contribution in [3.63, 3.8) is 0 Å². The molecule has 1 aromatic carbocycles. The first-order chi connectivity index (χ1) is 7.66. The lowest BCUT2D eigenvalue weighted by molar-refractivity contribution is 0.465. The zero-order valence-electron chi connectivity index (χ0n) is 8.77. The molecular weight excluding hydrogens is 224 g/mol. The van der Waals surface area contributed by atoms with Gasteiger partial charge in [0.1, 0.15) is 5.75 Å². The molecule has 4 heteroatoms. The molecule has 0 saturated carbocycles. The molecule has 2 rings (SSSR count). The molecule has 1 aromatic heterocycles. The Kier molecular flexibility index (Phi) is 2.97. The van der Waals surface area contributed by atoms with Gasteiger partial charge in [-0.15, -0.1) is 0 Å². The Hall–Kier alpha value is -1.74. The molecule has 16 heavy (non-hydrogen) atoms. The fourth-order valence-corrected chi connectivity index (χ4v) is 1.47. The smallest absolute Gasteiger partial charge is 0.242 e. The number of rotatable bonds is 2. The Morgan fingerprint density at radius 2 is 2.06 bits per heavy atom. The summed E-state index contributed by atoms with van der Waals surface area (Å²) in [5.41, 5.74) is 7.28. The van der Waals surface area contributed by atoms with E-state index in [1.54, 1.807) is 24.4 Å². The number of nitrogens with zero attached hydrogens (tertiary/aromatic N) is 1. The van der Waals surface area contributed by atoms with Crippen LogP contribution >= 0.6 is 11.6 Å². The lowest BCUT2D eigenvalue weighted by Gasteiger charge is -2.08. The number of benzene rings is 1. The number of hydrogen-bond donors (Lipinski definition) is 1. The maximum atomic E-state index is 5.96. The Bertz CT molecular complexity index is 514. The number of anilines is 1. The van der Waals surface area contributed by atoms with Crippen LogP contribution in [0.2, 0.25) is 5.02 Å². The van der Waals surface area contributed by atoms with Gasteiger partial charge in [0, 0.05) is 6.20 Å². The number of pyridine rings is 1. The molecule has 0 aliphatic rings. The quantitative estimate of drug-likeness (QED) is 0.866. The largest absolute Gasteiger partial charge is 0.436 e. The third-order valence-electron chi connectivity index (χ3n) is 2.06. The highest BCUT2D eigenvalue weighted by atomic mass is 35.5. The fraction of sp³-hybridized carbons (Fsp3) is 0.0833. The number of hydrogen-bond acceptors (Lipinski definition) is 3. The van der Waals surface area contributed by atoms with E-state index in [1.165, 1.54) is 0 Å². The van der Waals surface area contributed by atoms with E-state index < -0.39 is 0 Å². The average molecular weight is 235 g/mol. The summed E-state index contributed by atoms with van der Waals surface area (Å²) >= 11 is 5.96. The molecule has 2 N–H and O–H groups in total. The minimum atomic E-state index is 0.374. The normalized spacial score (nSPS) is 10.1. The molecule has 0 aliphatic carbocycles. The standard InChI is InChI=1S/C12H11ClN2O/c1-8-6-10(14)12(15-7-8)16-11-5-3-2-4-9(11)13/h2-7H,14H2,1H3. The Labute approximate surface area is 98.8 Å². The van der Waals surface area contributed by atoms with E-state index in [-0.39, 0.29) is 0 Å². The number of aryl methyl sites for hydroxylation is 1. The van der Waals surface area contributed by atoms with E-state index >= 15 is 0 Å². The molecule has 0 aliphatic heterocycles. The summed E-state index contributed by atoms with van der Waals surface area (Å²) in [6.07, 6.45) is 1.70. The highest BCUT2D eigenvalue weighted by Crippen LogP contribution is 2.30. The molecular formula is C12H11ClN2O. The Morgan fingerprint density at radius 1 is 1.31 bits per heavy atom. The summed E-state index contributed by atoms with van der Waals surface area (Å²) in [5, 5.41) is 0.532. The van der Waals surface area contributed by atoms with Gasteiger partial charge >= 0.3 is 0 Å². The number of halogens is 1. The van der Waals surface area contributed by atoms with Gasteiger partial charge < -0.3 is 10.5 Å². The number of nitrogen functional groups attached to an aromatic ring is 1. The van der Waals surface area contributed by atoms with E-state index in [0.29, 0.717) is 22.3 Å². The van der Waals surface area contributed by atoms with Crippen molar-refractivity contribution >= 4 is 17.3 Å². The summed E-state index contributed by atoms with van der Waals surface area (Å²) in [6, 6.07) is 9.00. The fourth-order valence-electron chi connectivity index (χ4n) is 1.30. The number of nitrogens with two attached hydrogens (primary N) is 1. The van der Waals surface area contributed by atoms with E-state index in [9.17, 15) is 0 Å². The van der Waals surface area contributed by atoms with Crippen molar-refractivity contribution in [1.29, 1.82) is 0 Å². The molecule has 0 atom stereocenters. The summed E-state index contributed by atoms with van der Waals surface area (Å²) < 4.78 is 5.53. The van der Waals surface area contributed by atoms with Crippen LogP contribution in [0.4, 0.5) is 5.69 Å². The predicted octanol–water partition coefficient (Wildman–Crippen LogP) is 3.42. The van der Waals surface area contributed by atoms with Crippen molar-refractivity contribution in [3.05, 3.63) is 47.1 Å². The molecule has 82 valence electrons. The second-order valence-corrected chi connectivity index (χ2v) is 3.85. The van der Waals surface area contributed by atoms with Gasteiger partial charge in [0.05, 0.1) is 10.7 Å². The zero-order valence-corrected chi connectivity index (χ0v) is 9.53. The van der Waals surface area contributed by atoms with Gasteiger partial charge in [-0.3, -0.25) is 0 Å². The van der Waals surface area contributed by atoms with Crippen molar-refractivity contribution in [2.75, 3.05) is 5.73 Å². The van der Waals surface area contributed by atoms with Crippen LogP contribution < -0.4 is 10.5 Å². The van der Waals surface area contributed by atoms with E-state index in [0.717, 1.165) is 5.56 Å². The van der Waals surface area contributed by atoms with Crippen LogP contribution in [0.3, 0.4) is 0 Å². The summed E-state index contributed by atoms with van der Waals surface area (Å²) in [4.78, 5) is 4.11.